The fraction of sp³-hybridized carbons (Fsp3) is 0.125. The van der Waals surface area contributed by atoms with E-state index in [0.29, 0.717) is 21.5 Å². The number of benzene rings is 2. The van der Waals surface area contributed by atoms with Gasteiger partial charge < -0.3 is 9.47 Å². The summed E-state index contributed by atoms with van der Waals surface area (Å²) in [5.74, 6) is 0.150. The fourth-order valence-electron chi connectivity index (χ4n) is 1.61. The summed E-state index contributed by atoms with van der Waals surface area (Å²) in [6, 6.07) is 12.2. The van der Waals surface area contributed by atoms with Gasteiger partial charge in [-0.05, 0) is 48.0 Å². The van der Waals surface area contributed by atoms with Crippen LogP contribution in [0.1, 0.15) is 5.56 Å². The molecule has 0 atom stereocenters. The highest BCUT2D eigenvalue weighted by Gasteiger charge is 2.01. The molecule has 114 valence electrons. The van der Waals surface area contributed by atoms with Gasteiger partial charge >= 0.3 is 5.97 Å². The molecule has 0 spiro atoms. The largest absolute Gasteiger partial charge is 0.482 e. The molecule has 0 bridgehead atoms. The molecule has 2 aromatic carbocycles. The van der Waals surface area contributed by atoms with Gasteiger partial charge in [-0.15, -0.1) is 0 Å². The van der Waals surface area contributed by atoms with E-state index in [0.717, 1.165) is 5.56 Å². The van der Waals surface area contributed by atoms with Crippen molar-refractivity contribution in [3.8, 4) is 5.75 Å². The number of carbonyl (C=O) groups is 1. The van der Waals surface area contributed by atoms with E-state index in [-0.39, 0.29) is 6.61 Å². The molecule has 0 amide bonds. The van der Waals surface area contributed by atoms with Crippen LogP contribution in [0.3, 0.4) is 0 Å². The van der Waals surface area contributed by atoms with Crippen molar-refractivity contribution in [3.05, 3.63) is 58.1 Å². The molecule has 0 aromatic heterocycles. The Morgan fingerprint density at radius 2 is 1.77 bits per heavy atom. The first kappa shape index (κ1) is 16.3. The normalized spacial score (nSPS) is 10.7. The van der Waals surface area contributed by atoms with Crippen molar-refractivity contribution < 1.29 is 14.3 Å². The van der Waals surface area contributed by atoms with Gasteiger partial charge in [-0.25, -0.2) is 4.79 Å². The molecule has 0 fully saturated rings. The van der Waals surface area contributed by atoms with Gasteiger partial charge in [0.15, 0.2) is 6.61 Å². The number of rotatable bonds is 5. The highest BCUT2D eigenvalue weighted by atomic mass is 35.5. The van der Waals surface area contributed by atoms with Gasteiger partial charge in [-0.1, -0.05) is 23.2 Å². The van der Waals surface area contributed by atoms with E-state index < -0.39 is 5.97 Å². The van der Waals surface area contributed by atoms with Gasteiger partial charge in [-0.2, -0.15) is 0 Å². The summed E-state index contributed by atoms with van der Waals surface area (Å²) >= 11 is 11.8. The molecule has 0 aliphatic carbocycles. The lowest BCUT2D eigenvalue weighted by atomic mass is 10.2. The van der Waals surface area contributed by atoms with E-state index in [9.17, 15) is 4.79 Å². The third-order valence-electron chi connectivity index (χ3n) is 2.67. The topological polar surface area (TPSA) is 47.9 Å². The van der Waals surface area contributed by atoms with Crippen LogP contribution in [0.4, 0.5) is 5.69 Å². The molecule has 0 aliphatic heterocycles. The first-order valence-corrected chi connectivity index (χ1v) is 7.12. The van der Waals surface area contributed by atoms with Crippen LogP contribution in [0.15, 0.2) is 47.5 Å². The molecule has 0 heterocycles. The Kier molecular flexibility index (Phi) is 5.81. The number of halogens is 2. The standard InChI is InChI=1S/C16H13Cl2NO3/c1-21-16(20)10-22-15-4-2-11(3-5-15)9-19-14-7-12(17)6-13(18)8-14/h2-9H,10H2,1H3. The zero-order valence-corrected chi connectivity index (χ0v) is 13.3. The van der Waals surface area contributed by atoms with Gasteiger partial charge in [0.1, 0.15) is 5.75 Å². The van der Waals surface area contributed by atoms with Crippen molar-refractivity contribution in [2.75, 3.05) is 13.7 Å². The van der Waals surface area contributed by atoms with Crippen LogP contribution in [0.2, 0.25) is 10.0 Å². The molecule has 0 N–H and O–H groups in total. The van der Waals surface area contributed by atoms with Crippen LogP contribution in [0.5, 0.6) is 5.75 Å². The van der Waals surface area contributed by atoms with E-state index >= 15 is 0 Å². The Balaban J connectivity index is 2.01. The van der Waals surface area contributed by atoms with Gasteiger partial charge in [0.25, 0.3) is 0 Å². The summed E-state index contributed by atoms with van der Waals surface area (Å²) < 4.78 is 9.75. The van der Waals surface area contributed by atoms with Gasteiger partial charge in [-0.3, -0.25) is 4.99 Å². The summed E-state index contributed by atoms with van der Waals surface area (Å²) in [5, 5.41) is 1.07. The Labute approximate surface area is 138 Å². The molecule has 22 heavy (non-hydrogen) atoms. The van der Waals surface area contributed by atoms with Crippen LogP contribution in [-0.2, 0) is 9.53 Å². The maximum absolute atomic E-state index is 11.0. The third-order valence-corrected chi connectivity index (χ3v) is 3.11. The summed E-state index contributed by atoms with van der Waals surface area (Å²) in [6.07, 6.45) is 1.69. The smallest absolute Gasteiger partial charge is 0.343 e. The van der Waals surface area contributed by atoms with E-state index in [1.165, 1.54) is 7.11 Å². The molecule has 2 rings (SSSR count). The number of ether oxygens (including phenoxy) is 2. The molecule has 0 aliphatic rings. The summed E-state index contributed by atoms with van der Waals surface area (Å²) in [7, 11) is 1.31. The highest BCUT2D eigenvalue weighted by Crippen LogP contribution is 2.24. The van der Waals surface area contributed by atoms with Crippen LogP contribution in [-0.4, -0.2) is 25.9 Å². The van der Waals surface area contributed by atoms with Crippen molar-refractivity contribution >= 4 is 41.1 Å². The van der Waals surface area contributed by atoms with E-state index in [1.807, 2.05) is 12.1 Å². The van der Waals surface area contributed by atoms with Crippen molar-refractivity contribution in [1.29, 1.82) is 0 Å². The highest BCUT2D eigenvalue weighted by molar-refractivity contribution is 6.35. The molecule has 0 saturated heterocycles. The fourth-order valence-corrected chi connectivity index (χ4v) is 2.13. The van der Waals surface area contributed by atoms with Gasteiger partial charge in [0.05, 0.1) is 12.8 Å². The summed E-state index contributed by atoms with van der Waals surface area (Å²) in [6.45, 7) is -0.120. The molecule has 6 heteroatoms. The molecular weight excluding hydrogens is 325 g/mol. The van der Waals surface area contributed by atoms with E-state index in [2.05, 4.69) is 9.73 Å². The first-order chi connectivity index (χ1) is 10.6. The summed E-state index contributed by atoms with van der Waals surface area (Å²) in [5.41, 5.74) is 1.55. The molecule has 0 unspecified atom stereocenters. The van der Waals surface area contributed by atoms with Crippen LogP contribution in [0.25, 0.3) is 0 Å². The Hall–Kier alpha value is -2.04. The van der Waals surface area contributed by atoms with Crippen LogP contribution >= 0.6 is 23.2 Å². The number of nitrogens with zero attached hydrogens (tertiary/aromatic N) is 1. The molecule has 2 aromatic rings. The second-order valence-corrected chi connectivity index (χ2v) is 5.19. The zero-order valence-electron chi connectivity index (χ0n) is 11.8. The number of aliphatic imine (C=N–C) groups is 1. The molecule has 4 nitrogen and oxygen atoms in total. The Morgan fingerprint density at radius 3 is 2.36 bits per heavy atom. The SMILES string of the molecule is COC(=O)COc1ccc(C=Nc2cc(Cl)cc(Cl)c2)cc1. The van der Waals surface area contributed by atoms with Gasteiger partial charge in [0.2, 0.25) is 0 Å². The number of methoxy groups -OCH3 is 1. The molecule has 0 radical (unpaired) electrons. The minimum absolute atomic E-state index is 0.120. The maximum Gasteiger partial charge on any atom is 0.343 e. The predicted octanol–water partition coefficient (Wildman–Crippen LogP) is 4.30. The van der Waals surface area contributed by atoms with Crippen molar-refractivity contribution in [1.82, 2.24) is 0 Å². The predicted molar refractivity (Wildman–Crippen MR) is 87.7 cm³/mol. The lowest BCUT2D eigenvalue weighted by molar-refractivity contribution is -0.142. The van der Waals surface area contributed by atoms with Crippen molar-refractivity contribution in [2.45, 2.75) is 0 Å². The molecule has 0 saturated carbocycles. The zero-order chi connectivity index (χ0) is 15.9. The van der Waals surface area contributed by atoms with Gasteiger partial charge in [0, 0.05) is 16.3 Å². The number of hydrogen-bond donors (Lipinski definition) is 0. The number of hydrogen-bond acceptors (Lipinski definition) is 4. The maximum atomic E-state index is 11.0. The second-order valence-electron chi connectivity index (χ2n) is 4.32. The number of esters is 1. The van der Waals surface area contributed by atoms with Crippen molar-refractivity contribution in [2.24, 2.45) is 4.99 Å². The quantitative estimate of drug-likeness (QED) is 0.603. The van der Waals surface area contributed by atoms with E-state index in [4.69, 9.17) is 27.9 Å². The monoisotopic (exact) mass is 337 g/mol. The molecular formula is C16H13Cl2NO3. The lowest BCUT2D eigenvalue weighted by Gasteiger charge is -2.04. The second kappa shape index (κ2) is 7.82. The third kappa shape index (κ3) is 5.06. The Bertz CT molecular complexity index is 664. The van der Waals surface area contributed by atoms with Crippen molar-refractivity contribution in [3.63, 3.8) is 0 Å². The minimum Gasteiger partial charge on any atom is -0.482 e. The average Bonchev–Trinajstić information content (AvgIpc) is 2.50. The lowest BCUT2D eigenvalue weighted by Crippen LogP contribution is -2.12. The first-order valence-electron chi connectivity index (χ1n) is 6.36. The van der Waals surface area contributed by atoms with E-state index in [1.54, 1.807) is 36.5 Å². The number of carbonyl (C=O) groups excluding carboxylic acids is 1. The van der Waals surface area contributed by atoms with Crippen LogP contribution in [0, 0.1) is 0 Å². The Morgan fingerprint density at radius 1 is 1.14 bits per heavy atom. The summed E-state index contributed by atoms with van der Waals surface area (Å²) in [4.78, 5) is 15.3. The average molecular weight is 338 g/mol. The minimum atomic E-state index is -0.427. The van der Waals surface area contributed by atoms with Crippen LogP contribution < -0.4 is 4.74 Å².